The van der Waals surface area contributed by atoms with Crippen LogP contribution in [0.4, 0.5) is 4.79 Å². The van der Waals surface area contributed by atoms with Crippen LogP contribution < -0.4 is 16.4 Å². The molecular weight excluding hydrogens is 206 g/mol. The van der Waals surface area contributed by atoms with Gasteiger partial charge in [0.2, 0.25) is 5.91 Å². The van der Waals surface area contributed by atoms with Gasteiger partial charge in [-0.1, -0.05) is 26.2 Å². The normalized spacial score (nSPS) is 19.1. The Balaban J connectivity index is 2.18. The summed E-state index contributed by atoms with van der Waals surface area (Å²) in [4.78, 5) is 21.5. The van der Waals surface area contributed by atoms with Crippen molar-refractivity contribution in [3.8, 4) is 0 Å². The fraction of sp³-hybridized carbons (Fsp3) is 0.818. The van der Waals surface area contributed by atoms with Crippen molar-refractivity contribution in [3.63, 3.8) is 0 Å². The number of nitrogens with two attached hydrogens (primary N) is 1. The molecule has 1 fully saturated rings. The SMILES string of the molecule is CC1(CNCC(=O)NC(N)=O)CCCCC1. The number of hydrogen-bond donors (Lipinski definition) is 3. The summed E-state index contributed by atoms with van der Waals surface area (Å²) in [6.07, 6.45) is 6.27. The van der Waals surface area contributed by atoms with Crippen LogP contribution in [0.5, 0.6) is 0 Å². The van der Waals surface area contributed by atoms with Crippen LogP contribution in [0.3, 0.4) is 0 Å². The van der Waals surface area contributed by atoms with Crippen LogP contribution in [0.15, 0.2) is 0 Å². The van der Waals surface area contributed by atoms with Gasteiger partial charge < -0.3 is 11.1 Å². The van der Waals surface area contributed by atoms with E-state index in [1.54, 1.807) is 0 Å². The summed E-state index contributed by atoms with van der Waals surface area (Å²) in [5.41, 5.74) is 5.13. The maximum atomic E-state index is 11.1. The molecule has 1 rings (SSSR count). The summed E-state index contributed by atoms with van der Waals surface area (Å²) in [6, 6.07) is -0.796. The van der Waals surface area contributed by atoms with E-state index >= 15 is 0 Å². The minimum Gasteiger partial charge on any atom is -0.351 e. The summed E-state index contributed by atoms with van der Waals surface area (Å²) in [6.45, 7) is 3.21. The van der Waals surface area contributed by atoms with E-state index in [2.05, 4.69) is 12.2 Å². The van der Waals surface area contributed by atoms with Crippen molar-refractivity contribution in [2.24, 2.45) is 11.1 Å². The van der Waals surface area contributed by atoms with Gasteiger partial charge in [-0.05, 0) is 18.3 Å². The first-order valence-corrected chi connectivity index (χ1v) is 5.82. The number of amides is 3. The van der Waals surface area contributed by atoms with Crippen LogP contribution in [0.2, 0.25) is 0 Å². The monoisotopic (exact) mass is 227 g/mol. The maximum Gasteiger partial charge on any atom is 0.318 e. The van der Waals surface area contributed by atoms with Gasteiger partial charge in [-0.2, -0.15) is 0 Å². The molecule has 0 atom stereocenters. The molecule has 0 aromatic carbocycles. The molecule has 0 heterocycles. The standard InChI is InChI=1S/C11H21N3O2/c1-11(5-3-2-4-6-11)8-13-7-9(15)14-10(12)16/h13H,2-8H2,1H3,(H3,12,14,15,16). The molecule has 0 saturated heterocycles. The summed E-state index contributed by atoms with van der Waals surface area (Å²) in [5, 5.41) is 5.11. The average molecular weight is 227 g/mol. The molecule has 1 saturated carbocycles. The quantitative estimate of drug-likeness (QED) is 0.662. The smallest absolute Gasteiger partial charge is 0.318 e. The predicted molar refractivity (Wildman–Crippen MR) is 61.8 cm³/mol. The molecule has 16 heavy (non-hydrogen) atoms. The van der Waals surface area contributed by atoms with Gasteiger partial charge in [-0.3, -0.25) is 10.1 Å². The van der Waals surface area contributed by atoms with E-state index < -0.39 is 6.03 Å². The summed E-state index contributed by atoms with van der Waals surface area (Å²) >= 11 is 0. The number of carbonyl (C=O) groups is 2. The van der Waals surface area contributed by atoms with E-state index in [-0.39, 0.29) is 12.5 Å². The van der Waals surface area contributed by atoms with E-state index in [9.17, 15) is 9.59 Å². The van der Waals surface area contributed by atoms with Crippen LogP contribution in [0.25, 0.3) is 0 Å². The van der Waals surface area contributed by atoms with Gasteiger partial charge in [-0.25, -0.2) is 4.79 Å². The van der Waals surface area contributed by atoms with Crippen molar-refractivity contribution < 1.29 is 9.59 Å². The molecule has 5 nitrogen and oxygen atoms in total. The Morgan fingerprint density at radius 1 is 1.25 bits per heavy atom. The molecule has 3 amide bonds. The second-order valence-corrected chi connectivity index (χ2v) is 4.89. The van der Waals surface area contributed by atoms with Crippen molar-refractivity contribution in [3.05, 3.63) is 0 Å². The largest absolute Gasteiger partial charge is 0.351 e. The van der Waals surface area contributed by atoms with E-state index in [0.717, 1.165) is 6.54 Å². The molecule has 0 unspecified atom stereocenters. The Hall–Kier alpha value is -1.10. The highest BCUT2D eigenvalue weighted by Gasteiger charge is 2.26. The van der Waals surface area contributed by atoms with Crippen molar-refractivity contribution in [1.29, 1.82) is 0 Å². The highest BCUT2D eigenvalue weighted by Crippen LogP contribution is 2.34. The maximum absolute atomic E-state index is 11.1. The molecule has 0 bridgehead atoms. The van der Waals surface area contributed by atoms with E-state index in [1.807, 2.05) is 5.32 Å². The first-order chi connectivity index (χ1) is 7.52. The van der Waals surface area contributed by atoms with E-state index in [0.29, 0.717) is 5.41 Å². The first kappa shape index (κ1) is 13.0. The van der Waals surface area contributed by atoms with Gasteiger partial charge in [0.15, 0.2) is 0 Å². The van der Waals surface area contributed by atoms with Gasteiger partial charge in [0.25, 0.3) is 0 Å². The van der Waals surface area contributed by atoms with Gasteiger partial charge >= 0.3 is 6.03 Å². The Morgan fingerprint density at radius 2 is 1.88 bits per heavy atom. The number of primary amides is 1. The fourth-order valence-electron chi connectivity index (χ4n) is 2.24. The van der Waals surface area contributed by atoms with Crippen LogP contribution in [0.1, 0.15) is 39.0 Å². The van der Waals surface area contributed by atoms with Crippen LogP contribution in [-0.2, 0) is 4.79 Å². The number of carbonyl (C=O) groups excluding carboxylic acids is 2. The Morgan fingerprint density at radius 3 is 2.44 bits per heavy atom. The van der Waals surface area contributed by atoms with Gasteiger partial charge in [0.1, 0.15) is 0 Å². The molecule has 0 aliphatic heterocycles. The number of hydrogen-bond acceptors (Lipinski definition) is 3. The van der Waals surface area contributed by atoms with Crippen molar-refractivity contribution in [2.45, 2.75) is 39.0 Å². The molecule has 1 aliphatic rings. The molecule has 92 valence electrons. The van der Waals surface area contributed by atoms with E-state index in [4.69, 9.17) is 5.73 Å². The van der Waals surface area contributed by atoms with E-state index in [1.165, 1.54) is 32.1 Å². The summed E-state index contributed by atoms with van der Waals surface area (Å²) in [5.74, 6) is -0.369. The van der Waals surface area contributed by atoms with Crippen molar-refractivity contribution >= 4 is 11.9 Å². The average Bonchev–Trinajstić information content (AvgIpc) is 2.17. The number of rotatable bonds is 4. The molecule has 4 N–H and O–H groups in total. The van der Waals surface area contributed by atoms with Crippen LogP contribution in [0, 0.1) is 5.41 Å². The molecule has 5 heteroatoms. The third-order valence-corrected chi connectivity index (χ3v) is 3.16. The zero-order valence-electron chi connectivity index (χ0n) is 9.84. The van der Waals surface area contributed by atoms with Crippen LogP contribution >= 0.6 is 0 Å². The molecular formula is C11H21N3O2. The van der Waals surface area contributed by atoms with Crippen molar-refractivity contribution in [1.82, 2.24) is 10.6 Å². The number of nitrogens with one attached hydrogen (secondary N) is 2. The molecule has 1 aliphatic carbocycles. The Bertz CT molecular complexity index is 260. The lowest BCUT2D eigenvalue weighted by molar-refractivity contribution is -0.119. The fourth-order valence-corrected chi connectivity index (χ4v) is 2.24. The minimum atomic E-state index is -0.796. The second kappa shape index (κ2) is 5.84. The Labute approximate surface area is 96.1 Å². The second-order valence-electron chi connectivity index (χ2n) is 4.89. The highest BCUT2D eigenvalue weighted by molar-refractivity contribution is 5.94. The van der Waals surface area contributed by atoms with Gasteiger partial charge in [0.05, 0.1) is 6.54 Å². The van der Waals surface area contributed by atoms with Gasteiger partial charge in [-0.15, -0.1) is 0 Å². The topological polar surface area (TPSA) is 84.2 Å². The zero-order valence-corrected chi connectivity index (χ0v) is 9.84. The Kier molecular flexibility index (Phi) is 4.73. The zero-order chi connectivity index (χ0) is 12.0. The van der Waals surface area contributed by atoms with Gasteiger partial charge in [0, 0.05) is 6.54 Å². The molecule has 0 radical (unpaired) electrons. The molecule has 0 spiro atoms. The number of imide groups is 1. The third-order valence-electron chi connectivity index (χ3n) is 3.16. The predicted octanol–water partition coefficient (Wildman–Crippen LogP) is 0.741. The lowest BCUT2D eigenvalue weighted by Crippen LogP contribution is -2.43. The third kappa shape index (κ3) is 4.61. The lowest BCUT2D eigenvalue weighted by atomic mass is 9.76. The van der Waals surface area contributed by atoms with Crippen molar-refractivity contribution in [2.75, 3.05) is 13.1 Å². The highest BCUT2D eigenvalue weighted by atomic mass is 16.2. The molecule has 0 aromatic rings. The lowest BCUT2D eigenvalue weighted by Gasteiger charge is -2.33. The molecule has 0 aromatic heterocycles. The minimum absolute atomic E-state index is 0.151. The first-order valence-electron chi connectivity index (χ1n) is 5.82. The summed E-state index contributed by atoms with van der Waals surface area (Å²) < 4.78 is 0. The summed E-state index contributed by atoms with van der Waals surface area (Å²) in [7, 11) is 0. The van der Waals surface area contributed by atoms with Crippen LogP contribution in [-0.4, -0.2) is 25.0 Å². The number of urea groups is 1.